The molecule has 3 N–H and O–H groups in total. The summed E-state index contributed by atoms with van der Waals surface area (Å²) in [5, 5.41) is 2.99. The minimum absolute atomic E-state index is 0.0385. The molecule has 1 aliphatic rings. The van der Waals surface area contributed by atoms with E-state index in [-0.39, 0.29) is 12.5 Å². The molecule has 0 aliphatic carbocycles. The van der Waals surface area contributed by atoms with Gasteiger partial charge in [-0.05, 0) is 43.2 Å². The van der Waals surface area contributed by atoms with Gasteiger partial charge >= 0.3 is 0 Å². The number of nitrogens with zero attached hydrogens (tertiary/aromatic N) is 1. The fraction of sp³-hybridized carbons (Fsp3) is 0.278. The molecule has 1 aliphatic heterocycles. The van der Waals surface area contributed by atoms with Crippen LogP contribution in [0.3, 0.4) is 0 Å². The first-order chi connectivity index (χ1) is 11.0. The number of hydrogen-bond donors (Lipinski definition) is 2. The Morgan fingerprint density at radius 1 is 1.30 bits per heavy atom. The van der Waals surface area contributed by atoms with Crippen molar-refractivity contribution < 1.29 is 9.53 Å². The second kappa shape index (κ2) is 6.20. The maximum absolute atomic E-state index is 12.4. The number of nitrogen functional groups attached to an aromatic ring is 1. The molecule has 0 spiro atoms. The predicted molar refractivity (Wildman–Crippen MR) is 93.1 cm³/mol. The fourth-order valence-electron chi connectivity index (χ4n) is 2.71. The summed E-state index contributed by atoms with van der Waals surface area (Å²) >= 11 is 0. The average molecular weight is 311 g/mol. The third-order valence-electron chi connectivity index (χ3n) is 4.16. The number of anilines is 3. The molecule has 2 aromatic carbocycles. The van der Waals surface area contributed by atoms with Gasteiger partial charge in [-0.1, -0.05) is 12.1 Å². The lowest BCUT2D eigenvalue weighted by Crippen LogP contribution is -2.38. The van der Waals surface area contributed by atoms with Crippen molar-refractivity contribution >= 4 is 23.0 Å². The zero-order chi connectivity index (χ0) is 16.4. The van der Waals surface area contributed by atoms with E-state index in [1.165, 1.54) is 0 Å². The number of nitrogens with one attached hydrogen (secondary N) is 1. The number of ether oxygens (including phenoxy) is 1. The molecule has 1 amide bonds. The van der Waals surface area contributed by atoms with Crippen LogP contribution in [0.1, 0.15) is 11.1 Å². The zero-order valence-electron chi connectivity index (χ0n) is 13.4. The van der Waals surface area contributed by atoms with Gasteiger partial charge < -0.3 is 20.7 Å². The summed E-state index contributed by atoms with van der Waals surface area (Å²) in [6.07, 6.45) is 0. The number of nitrogens with two attached hydrogens (primary N) is 1. The molecule has 23 heavy (non-hydrogen) atoms. The van der Waals surface area contributed by atoms with Crippen molar-refractivity contribution in [2.45, 2.75) is 13.8 Å². The lowest BCUT2D eigenvalue weighted by atomic mass is 10.1. The molecule has 0 fully saturated rings. The van der Waals surface area contributed by atoms with E-state index in [0.29, 0.717) is 18.8 Å². The molecule has 5 heteroatoms. The van der Waals surface area contributed by atoms with Gasteiger partial charge in [0.1, 0.15) is 12.4 Å². The molecule has 0 saturated carbocycles. The van der Waals surface area contributed by atoms with E-state index in [1.54, 1.807) is 6.07 Å². The second-order valence-electron chi connectivity index (χ2n) is 5.79. The number of hydrogen-bond acceptors (Lipinski definition) is 4. The first kappa shape index (κ1) is 15.2. The topological polar surface area (TPSA) is 67.6 Å². The molecule has 3 rings (SSSR count). The van der Waals surface area contributed by atoms with Crippen molar-refractivity contribution in [1.29, 1.82) is 0 Å². The summed E-state index contributed by atoms with van der Waals surface area (Å²) in [4.78, 5) is 14.4. The normalized spacial score (nSPS) is 13.2. The summed E-state index contributed by atoms with van der Waals surface area (Å²) in [7, 11) is 0. The van der Waals surface area contributed by atoms with Crippen LogP contribution < -0.4 is 20.7 Å². The quantitative estimate of drug-likeness (QED) is 0.855. The molecule has 0 aromatic heterocycles. The largest absolute Gasteiger partial charge is 0.489 e. The Labute approximate surface area is 136 Å². The van der Waals surface area contributed by atoms with E-state index in [9.17, 15) is 4.79 Å². The van der Waals surface area contributed by atoms with Gasteiger partial charge in [0, 0.05) is 17.4 Å². The molecule has 1 heterocycles. The molecular weight excluding hydrogens is 290 g/mol. The van der Waals surface area contributed by atoms with Crippen molar-refractivity contribution in [3.63, 3.8) is 0 Å². The predicted octanol–water partition coefficient (Wildman–Crippen LogP) is 2.72. The highest BCUT2D eigenvalue weighted by atomic mass is 16.5. The molecule has 5 nitrogen and oxygen atoms in total. The monoisotopic (exact) mass is 311 g/mol. The molecular formula is C18H21N3O2. The van der Waals surface area contributed by atoms with E-state index >= 15 is 0 Å². The van der Waals surface area contributed by atoms with Crippen molar-refractivity contribution in [3.05, 3.63) is 47.5 Å². The van der Waals surface area contributed by atoms with Crippen molar-refractivity contribution in [2.24, 2.45) is 0 Å². The van der Waals surface area contributed by atoms with E-state index in [1.807, 2.05) is 49.1 Å². The third-order valence-corrected chi connectivity index (χ3v) is 4.16. The summed E-state index contributed by atoms with van der Waals surface area (Å²) in [5.41, 5.74) is 10.5. The Bertz CT molecular complexity index is 743. The Balaban J connectivity index is 1.73. The maximum atomic E-state index is 12.4. The minimum atomic E-state index is -0.0385. The van der Waals surface area contributed by atoms with Crippen molar-refractivity contribution in [2.75, 3.05) is 35.6 Å². The summed E-state index contributed by atoms with van der Waals surface area (Å²) < 4.78 is 5.62. The molecule has 0 saturated heterocycles. The number of benzene rings is 2. The Kier molecular flexibility index (Phi) is 4.10. The zero-order valence-corrected chi connectivity index (χ0v) is 13.4. The second-order valence-corrected chi connectivity index (χ2v) is 5.79. The van der Waals surface area contributed by atoms with Gasteiger partial charge in [0.15, 0.2) is 0 Å². The Hall–Kier alpha value is -2.69. The van der Waals surface area contributed by atoms with Gasteiger partial charge in [0.2, 0.25) is 5.91 Å². The highest BCUT2D eigenvalue weighted by Crippen LogP contribution is 2.33. The van der Waals surface area contributed by atoms with Crippen LogP contribution in [0.2, 0.25) is 0 Å². The van der Waals surface area contributed by atoms with Crippen molar-refractivity contribution in [3.8, 4) is 5.75 Å². The fourth-order valence-corrected chi connectivity index (χ4v) is 2.71. The van der Waals surface area contributed by atoms with Gasteiger partial charge in [0.25, 0.3) is 0 Å². The van der Waals surface area contributed by atoms with E-state index in [2.05, 4.69) is 5.32 Å². The van der Waals surface area contributed by atoms with E-state index in [4.69, 9.17) is 10.5 Å². The van der Waals surface area contributed by atoms with Crippen LogP contribution in [-0.4, -0.2) is 25.6 Å². The number of fused-ring (bicyclic) bond motifs is 1. The van der Waals surface area contributed by atoms with E-state index < -0.39 is 0 Å². The van der Waals surface area contributed by atoms with Gasteiger partial charge in [-0.25, -0.2) is 0 Å². The molecule has 0 bridgehead atoms. The summed E-state index contributed by atoms with van der Waals surface area (Å²) in [6.45, 7) is 5.56. The highest BCUT2D eigenvalue weighted by molar-refractivity contribution is 5.95. The minimum Gasteiger partial charge on any atom is -0.489 e. The maximum Gasteiger partial charge on any atom is 0.243 e. The standard InChI is InChI=1S/C18H21N3O2/c1-12-4-3-5-15(13(12)2)20-18(22)11-21-8-9-23-17-10-14(19)6-7-16(17)21/h3-7,10H,8-9,11,19H2,1-2H3,(H,20,22). The van der Waals surface area contributed by atoms with E-state index in [0.717, 1.165) is 28.3 Å². The SMILES string of the molecule is Cc1cccc(NC(=O)CN2CCOc3cc(N)ccc32)c1C. The number of rotatable bonds is 3. The Morgan fingerprint density at radius 2 is 2.13 bits per heavy atom. The summed E-state index contributed by atoms with van der Waals surface area (Å²) in [5.74, 6) is 0.694. The highest BCUT2D eigenvalue weighted by Gasteiger charge is 2.20. The number of carbonyl (C=O) groups excluding carboxylic acids is 1. The van der Waals surface area contributed by atoms with Gasteiger partial charge in [-0.15, -0.1) is 0 Å². The number of amides is 1. The number of aryl methyl sites for hydroxylation is 1. The van der Waals surface area contributed by atoms with Crippen LogP contribution in [0.25, 0.3) is 0 Å². The molecule has 120 valence electrons. The van der Waals surface area contributed by atoms with Gasteiger partial charge in [-0.3, -0.25) is 4.79 Å². The number of carbonyl (C=O) groups is 1. The molecule has 0 unspecified atom stereocenters. The van der Waals surface area contributed by atoms with Crippen LogP contribution in [0.4, 0.5) is 17.1 Å². The van der Waals surface area contributed by atoms with Crippen LogP contribution in [0.15, 0.2) is 36.4 Å². The van der Waals surface area contributed by atoms with Crippen LogP contribution in [0, 0.1) is 13.8 Å². The first-order valence-corrected chi connectivity index (χ1v) is 7.68. The van der Waals surface area contributed by atoms with Gasteiger partial charge in [0.05, 0.1) is 18.8 Å². The van der Waals surface area contributed by atoms with Crippen LogP contribution >= 0.6 is 0 Å². The van der Waals surface area contributed by atoms with Crippen molar-refractivity contribution in [1.82, 2.24) is 0 Å². The Morgan fingerprint density at radius 3 is 2.96 bits per heavy atom. The average Bonchev–Trinajstić information content (AvgIpc) is 2.52. The molecule has 2 aromatic rings. The van der Waals surface area contributed by atoms with Gasteiger partial charge in [-0.2, -0.15) is 0 Å². The lowest BCUT2D eigenvalue weighted by Gasteiger charge is -2.30. The third kappa shape index (κ3) is 3.23. The molecule has 0 radical (unpaired) electrons. The first-order valence-electron chi connectivity index (χ1n) is 7.68. The van der Waals surface area contributed by atoms with Crippen LogP contribution in [-0.2, 0) is 4.79 Å². The molecule has 0 atom stereocenters. The summed E-state index contributed by atoms with van der Waals surface area (Å²) in [6, 6.07) is 11.4. The van der Waals surface area contributed by atoms with Crippen LogP contribution in [0.5, 0.6) is 5.75 Å². The smallest absolute Gasteiger partial charge is 0.243 e. The lowest BCUT2D eigenvalue weighted by molar-refractivity contribution is -0.115.